The van der Waals surface area contributed by atoms with Crippen molar-refractivity contribution in [3.8, 4) is 5.75 Å². The van der Waals surface area contributed by atoms with E-state index in [1.165, 1.54) is 0 Å². The van der Waals surface area contributed by atoms with Gasteiger partial charge in [-0.05, 0) is 67.5 Å². The van der Waals surface area contributed by atoms with E-state index >= 15 is 0 Å². The van der Waals surface area contributed by atoms with Crippen LogP contribution in [0, 0.1) is 12.3 Å². The number of hydrogen-bond donors (Lipinski definition) is 2. The minimum absolute atomic E-state index is 0.0549. The molecule has 5 nitrogen and oxygen atoms in total. The maximum Gasteiger partial charge on any atom is 0.268 e. The minimum Gasteiger partial charge on any atom is -0.486 e. The first-order valence-corrected chi connectivity index (χ1v) is 9.13. The van der Waals surface area contributed by atoms with Gasteiger partial charge in [0.1, 0.15) is 18.1 Å². The summed E-state index contributed by atoms with van der Waals surface area (Å²) in [5.74, 6) is 0.685. The SMILES string of the molecule is Cc1cc(OCC(=O)CC23CC(NC(=O)c4ccc[nH]4)(C2)C3)ccc1Cl. The molecule has 0 radical (unpaired) electrons. The summed E-state index contributed by atoms with van der Waals surface area (Å²) in [7, 11) is 0. The van der Waals surface area contributed by atoms with E-state index in [0.29, 0.717) is 22.9 Å². The maximum atomic E-state index is 12.3. The first kappa shape index (κ1) is 17.2. The highest BCUT2D eigenvalue weighted by Crippen LogP contribution is 2.69. The minimum atomic E-state index is -0.114. The highest BCUT2D eigenvalue weighted by Gasteiger charge is 2.68. The molecule has 2 N–H and O–H groups in total. The number of carbonyl (C=O) groups is 2. The summed E-state index contributed by atoms with van der Waals surface area (Å²) < 4.78 is 5.59. The Morgan fingerprint density at radius 3 is 2.69 bits per heavy atom. The molecule has 0 aliphatic heterocycles. The second-order valence-corrected chi connectivity index (χ2v) is 8.17. The molecule has 26 heavy (non-hydrogen) atoms. The predicted molar refractivity (Wildman–Crippen MR) is 98.6 cm³/mol. The molecular formula is C20H21ClN2O3. The molecule has 3 aliphatic carbocycles. The number of benzene rings is 1. The van der Waals surface area contributed by atoms with Crippen molar-refractivity contribution < 1.29 is 14.3 Å². The molecule has 3 saturated carbocycles. The third kappa shape index (κ3) is 3.12. The number of carbonyl (C=O) groups excluding carboxylic acids is 2. The number of amides is 1. The van der Waals surface area contributed by atoms with Gasteiger partial charge in [0, 0.05) is 23.2 Å². The van der Waals surface area contributed by atoms with E-state index in [1.807, 2.05) is 13.0 Å². The van der Waals surface area contributed by atoms with Gasteiger partial charge in [-0.3, -0.25) is 9.59 Å². The standard InChI is InChI=1S/C20H21ClN2O3/c1-13-7-15(4-5-16(13)21)26-9-14(24)8-19-10-20(11-19,12-19)23-18(25)17-3-2-6-22-17/h2-7,22H,8-12H2,1H3,(H,23,25). The number of rotatable bonds is 7. The topological polar surface area (TPSA) is 71.2 Å². The van der Waals surface area contributed by atoms with E-state index in [2.05, 4.69) is 10.3 Å². The van der Waals surface area contributed by atoms with Gasteiger partial charge >= 0.3 is 0 Å². The van der Waals surface area contributed by atoms with Crippen molar-refractivity contribution in [3.05, 3.63) is 52.8 Å². The van der Waals surface area contributed by atoms with Crippen molar-refractivity contribution >= 4 is 23.3 Å². The van der Waals surface area contributed by atoms with Crippen LogP contribution in [0.1, 0.15) is 41.7 Å². The Morgan fingerprint density at radius 1 is 1.27 bits per heavy atom. The molecule has 1 aromatic heterocycles. The third-order valence-corrected chi connectivity index (χ3v) is 5.89. The van der Waals surface area contributed by atoms with E-state index in [4.69, 9.17) is 16.3 Å². The molecule has 0 atom stereocenters. The van der Waals surface area contributed by atoms with Crippen molar-refractivity contribution in [2.45, 2.75) is 38.1 Å². The monoisotopic (exact) mass is 372 g/mol. The van der Waals surface area contributed by atoms with Gasteiger partial charge in [-0.15, -0.1) is 0 Å². The summed E-state index contributed by atoms with van der Waals surface area (Å²) in [5, 5.41) is 3.79. The van der Waals surface area contributed by atoms with E-state index < -0.39 is 0 Å². The summed E-state index contributed by atoms with van der Waals surface area (Å²) in [4.78, 5) is 27.3. The maximum absolute atomic E-state index is 12.3. The van der Waals surface area contributed by atoms with Crippen LogP contribution in [-0.2, 0) is 4.79 Å². The molecule has 2 bridgehead atoms. The van der Waals surface area contributed by atoms with Gasteiger partial charge in [-0.1, -0.05) is 11.6 Å². The normalized spacial score (nSPS) is 25.8. The molecule has 0 spiro atoms. The molecular weight excluding hydrogens is 352 g/mol. The van der Waals surface area contributed by atoms with Gasteiger partial charge in [-0.2, -0.15) is 0 Å². The number of halogens is 1. The predicted octanol–water partition coefficient (Wildman–Crippen LogP) is 3.67. The second-order valence-electron chi connectivity index (χ2n) is 7.76. The van der Waals surface area contributed by atoms with E-state index in [-0.39, 0.29) is 29.3 Å². The van der Waals surface area contributed by atoms with Gasteiger partial charge in [0.2, 0.25) is 0 Å². The highest BCUT2D eigenvalue weighted by atomic mass is 35.5. The van der Waals surface area contributed by atoms with Gasteiger partial charge < -0.3 is 15.0 Å². The Morgan fingerprint density at radius 2 is 2.04 bits per heavy atom. The molecule has 1 aromatic carbocycles. The van der Waals surface area contributed by atoms with Crippen LogP contribution in [0.3, 0.4) is 0 Å². The highest BCUT2D eigenvalue weighted by molar-refractivity contribution is 6.31. The van der Waals surface area contributed by atoms with Gasteiger partial charge in [-0.25, -0.2) is 0 Å². The number of ether oxygens (including phenoxy) is 1. The van der Waals surface area contributed by atoms with Crippen molar-refractivity contribution in [2.75, 3.05) is 6.61 Å². The zero-order valence-electron chi connectivity index (χ0n) is 14.6. The summed E-state index contributed by atoms with van der Waals surface area (Å²) in [6, 6.07) is 8.94. The zero-order valence-corrected chi connectivity index (χ0v) is 15.4. The van der Waals surface area contributed by atoms with Gasteiger partial charge in [0.25, 0.3) is 5.91 Å². The molecule has 1 amide bonds. The van der Waals surface area contributed by atoms with Crippen LogP contribution in [-0.4, -0.2) is 28.8 Å². The largest absolute Gasteiger partial charge is 0.486 e. The lowest BCUT2D eigenvalue weighted by molar-refractivity contribution is -0.162. The van der Waals surface area contributed by atoms with Crippen LogP contribution in [0.15, 0.2) is 36.5 Å². The average Bonchev–Trinajstić information content (AvgIpc) is 3.07. The number of hydrogen-bond acceptors (Lipinski definition) is 3. The van der Waals surface area contributed by atoms with Crippen LogP contribution < -0.4 is 10.1 Å². The molecule has 2 aromatic rings. The van der Waals surface area contributed by atoms with Crippen molar-refractivity contribution in [3.63, 3.8) is 0 Å². The third-order valence-electron chi connectivity index (χ3n) is 5.46. The number of aromatic nitrogens is 1. The molecule has 0 unspecified atom stereocenters. The Balaban J connectivity index is 1.23. The van der Waals surface area contributed by atoms with E-state index in [1.54, 1.807) is 30.5 Å². The zero-order chi connectivity index (χ0) is 18.4. The molecule has 6 heteroatoms. The van der Waals surface area contributed by atoms with Crippen LogP contribution in [0.5, 0.6) is 5.75 Å². The number of aromatic amines is 1. The Bertz CT molecular complexity index is 840. The van der Waals surface area contributed by atoms with Gasteiger partial charge in [0.15, 0.2) is 5.78 Å². The lowest BCUT2D eigenvalue weighted by Crippen LogP contribution is -2.75. The van der Waals surface area contributed by atoms with Crippen LogP contribution in [0.25, 0.3) is 0 Å². The lowest BCUT2D eigenvalue weighted by Gasteiger charge is -2.70. The quantitative estimate of drug-likeness (QED) is 0.779. The summed E-state index contributed by atoms with van der Waals surface area (Å²) >= 11 is 5.99. The Hall–Kier alpha value is -2.27. The second kappa shape index (κ2) is 6.16. The summed E-state index contributed by atoms with van der Waals surface area (Å²) in [6.07, 6.45) is 4.87. The van der Waals surface area contributed by atoms with Crippen molar-refractivity contribution in [1.82, 2.24) is 10.3 Å². The molecule has 5 rings (SSSR count). The number of aryl methyl sites for hydroxylation is 1. The van der Waals surface area contributed by atoms with Crippen molar-refractivity contribution in [1.29, 1.82) is 0 Å². The molecule has 3 fully saturated rings. The number of nitrogens with one attached hydrogen (secondary N) is 2. The fourth-order valence-corrected chi connectivity index (χ4v) is 4.56. The molecule has 3 aliphatic rings. The molecule has 136 valence electrons. The van der Waals surface area contributed by atoms with Gasteiger partial charge in [0.05, 0.1) is 0 Å². The Labute approximate surface area is 157 Å². The van der Waals surface area contributed by atoms with E-state index in [9.17, 15) is 9.59 Å². The smallest absolute Gasteiger partial charge is 0.268 e. The lowest BCUT2D eigenvalue weighted by atomic mass is 9.38. The fourth-order valence-electron chi connectivity index (χ4n) is 4.44. The first-order chi connectivity index (χ1) is 12.4. The first-order valence-electron chi connectivity index (χ1n) is 8.75. The van der Waals surface area contributed by atoms with E-state index in [0.717, 1.165) is 24.8 Å². The Kier molecular flexibility index (Phi) is 4.07. The van der Waals surface area contributed by atoms with Crippen LogP contribution in [0.4, 0.5) is 0 Å². The molecule has 1 heterocycles. The van der Waals surface area contributed by atoms with Crippen LogP contribution in [0.2, 0.25) is 5.02 Å². The summed E-state index contributed by atoms with van der Waals surface area (Å²) in [6.45, 7) is 1.98. The molecule has 0 saturated heterocycles. The van der Waals surface area contributed by atoms with Crippen LogP contribution >= 0.6 is 11.6 Å². The summed E-state index contributed by atoms with van der Waals surface area (Å²) in [5.41, 5.74) is 1.44. The number of H-pyrrole nitrogens is 1. The van der Waals surface area contributed by atoms with Crippen molar-refractivity contribution in [2.24, 2.45) is 5.41 Å². The number of ketones is 1. The fraction of sp³-hybridized carbons (Fsp3) is 0.400. The average molecular weight is 373 g/mol. The number of Topliss-reactive ketones (excluding diaryl/α,β-unsaturated/α-hetero) is 1.